The van der Waals surface area contributed by atoms with Crippen molar-refractivity contribution in [3.8, 4) is 16.9 Å². The molecule has 1 N–H and O–H groups in total. The molecule has 72 valence electrons. The van der Waals surface area contributed by atoms with E-state index in [-0.39, 0.29) is 0 Å². The first kappa shape index (κ1) is 9.27. The molecule has 0 saturated carbocycles. The number of nitrogens with one attached hydrogen (secondary N) is 1. The van der Waals surface area contributed by atoms with E-state index in [0.717, 1.165) is 21.3 Å². The van der Waals surface area contributed by atoms with Gasteiger partial charge in [0.05, 0.1) is 13.3 Å². The largest absolute Gasteiger partial charge is 0.496 e. The van der Waals surface area contributed by atoms with Gasteiger partial charge in [-0.25, -0.2) is 0 Å². The maximum absolute atomic E-state index is 5.26. The molecule has 1 aromatic heterocycles. The highest BCUT2D eigenvalue weighted by atomic mass is 79.9. The molecule has 0 radical (unpaired) electrons. The second-order valence-electron chi connectivity index (χ2n) is 2.83. The zero-order valence-electron chi connectivity index (χ0n) is 7.62. The lowest BCUT2D eigenvalue weighted by atomic mass is 10.1. The summed E-state index contributed by atoms with van der Waals surface area (Å²) in [6.07, 6.45) is 3.61. The number of aromatic amines is 1. The minimum absolute atomic E-state index is 0.842. The van der Waals surface area contributed by atoms with E-state index in [2.05, 4.69) is 26.1 Å². The molecule has 0 unspecified atom stereocenters. The second kappa shape index (κ2) is 3.84. The van der Waals surface area contributed by atoms with Crippen LogP contribution in [-0.4, -0.2) is 17.3 Å². The van der Waals surface area contributed by atoms with Crippen molar-refractivity contribution >= 4 is 15.9 Å². The van der Waals surface area contributed by atoms with Crippen LogP contribution in [0, 0.1) is 0 Å². The topological polar surface area (TPSA) is 37.9 Å². The molecule has 1 heterocycles. The number of hydrogen-bond acceptors (Lipinski definition) is 2. The Hall–Kier alpha value is -1.29. The normalized spacial score (nSPS) is 10.1. The van der Waals surface area contributed by atoms with E-state index in [4.69, 9.17) is 4.74 Å². The lowest BCUT2D eigenvalue weighted by Crippen LogP contribution is -1.86. The highest BCUT2D eigenvalue weighted by molar-refractivity contribution is 9.10. The minimum Gasteiger partial charge on any atom is -0.496 e. The zero-order chi connectivity index (χ0) is 9.97. The Kier molecular flexibility index (Phi) is 2.54. The summed E-state index contributed by atoms with van der Waals surface area (Å²) >= 11 is 3.42. The molecule has 0 spiro atoms. The Morgan fingerprint density at radius 1 is 1.43 bits per heavy atom. The first-order valence-corrected chi connectivity index (χ1v) is 4.93. The standard InChI is InChI=1S/C10H9BrN2O/c1-14-10-3-2-8(11)4-9(10)7-5-12-13-6-7/h2-6H,1H3,(H,12,13). The minimum atomic E-state index is 0.842. The number of aromatic nitrogens is 2. The number of benzene rings is 1. The molecule has 0 aliphatic carbocycles. The Labute approximate surface area is 90.2 Å². The van der Waals surface area contributed by atoms with Crippen LogP contribution in [0.3, 0.4) is 0 Å². The van der Waals surface area contributed by atoms with Crippen LogP contribution in [0.2, 0.25) is 0 Å². The van der Waals surface area contributed by atoms with Gasteiger partial charge in [0.25, 0.3) is 0 Å². The maximum atomic E-state index is 5.26. The lowest BCUT2D eigenvalue weighted by molar-refractivity contribution is 0.416. The molecule has 1 aromatic carbocycles. The van der Waals surface area contributed by atoms with Crippen LogP contribution >= 0.6 is 15.9 Å². The number of nitrogens with zero attached hydrogens (tertiary/aromatic N) is 1. The maximum Gasteiger partial charge on any atom is 0.126 e. The van der Waals surface area contributed by atoms with Crippen molar-refractivity contribution in [1.29, 1.82) is 0 Å². The summed E-state index contributed by atoms with van der Waals surface area (Å²) in [6.45, 7) is 0. The second-order valence-corrected chi connectivity index (χ2v) is 3.75. The Morgan fingerprint density at radius 3 is 2.93 bits per heavy atom. The van der Waals surface area contributed by atoms with Gasteiger partial charge in [0.2, 0.25) is 0 Å². The molecule has 0 amide bonds. The van der Waals surface area contributed by atoms with Crippen LogP contribution < -0.4 is 4.74 Å². The molecular weight excluding hydrogens is 244 g/mol. The monoisotopic (exact) mass is 252 g/mol. The van der Waals surface area contributed by atoms with Crippen LogP contribution in [0.4, 0.5) is 0 Å². The summed E-state index contributed by atoms with van der Waals surface area (Å²) in [5, 5.41) is 6.69. The van der Waals surface area contributed by atoms with Gasteiger partial charge >= 0.3 is 0 Å². The molecule has 14 heavy (non-hydrogen) atoms. The predicted molar refractivity (Wildman–Crippen MR) is 58.3 cm³/mol. The van der Waals surface area contributed by atoms with Gasteiger partial charge < -0.3 is 4.74 Å². The van der Waals surface area contributed by atoms with Crippen molar-refractivity contribution in [2.24, 2.45) is 0 Å². The Morgan fingerprint density at radius 2 is 2.29 bits per heavy atom. The van der Waals surface area contributed by atoms with Gasteiger partial charge in [-0.3, -0.25) is 5.10 Å². The number of hydrogen-bond donors (Lipinski definition) is 1. The summed E-state index contributed by atoms with van der Waals surface area (Å²) in [5.74, 6) is 0.842. The number of rotatable bonds is 2. The molecule has 0 fully saturated rings. The van der Waals surface area contributed by atoms with Gasteiger partial charge in [-0.05, 0) is 18.2 Å². The summed E-state index contributed by atoms with van der Waals surface area (Å²) in [4.78, 5) is 0. The van der Waals surface area contributed by atoms with E-state index in [9.17, 15) is 0 Å². The van der Waals surface area contributed by atoms with Gasteiger partial charge in [-0.15, -0.1) is 0 Å². The molecule has 3 nitrogen and oxygen atoms in total. The number of H-pyrrole nitrogens is 1. The van der Waals surface area contributed by atoms with Crippen LogP contribution in [0.15, 0.2) is 35.1 Å². The average molecular weight is 253 g/mol. The third-order valence-electron chi connectivity index (χ3n) is 1.97. The Bertz CT molecular complexity index is 426. The first-order chi connectivity index (χ1) is 6.81. The third-order valence-corrected chi connectivity index (χ3v) is 2.46. The van der Waals surface area contributed by atoms with E-state index >= 15 is 0 Å². The van der Waals surface area contributed by atoms with E-state index in [1.165, 1.54) is 0 Å². The molecule has 0 bridgehead atoms. The third kappa shape index (κ3) is 1.65. The van der Waals surface area contributed by atoms with Crippen molar-refractivity contribution in [2.75, 3.05) is 7.11 Å². The number of ether oxygens (including phenoxy) is 1. The van der Waals surface area contributed by atoms with Crippen LogP contribution in [0.1, 0.15) is 0 Å². The van der Waals surface area contributed by atoms with Crippen molar-refractivity contribution in [1.82, 2.24) is 10.2 Å². The summed E-state index contributed by atoms with van der Waals surface area (Å²) in [7, 11) is 1.66. The fourth-order valence-electron chi connectivity index (χ4n) is 1.30. The van der Waals surface area contributed by atoms with Crippen molar-refractivity contribution in [2.45, 2.75) is 0 Å². The fourth-order valence-corrected chi connectivity index (χ4v) is 1.67. The van der Waals surface area contributed by atoms with E-state index in [0.29, 0.717) is 0 Å². The highest BCUT2D eigenvalue weighted by Crippen LogP contribution is 2.31. The van der Waals surface area contributed by atoms with Crippen LogP contribution in [0.25, 0.3) is 11.1 Å². The van der Waals surface area contributed by atoms with Gasteiger partial charge in [-0.1, -0.05) is 15.9 Å². The van der Waals surface area contributed by atoms with E-state index in [1.54, 1.807) is 13.3 Å². The molecule has 2 aromatic rings. The van der Waals surface area contributed by atoms with Crippen molar-refractivity contribution in [3.63, 3.8) is 0 Å². The molecular formula is C10H9BrN2O. The fraction of sp³-hybridized carbons (Fsp3) is 0.100. The SMILES string of the molecule is COc1ccc(Br)cc1-c1cn[nH]c1. The van der Waals surface area contributed by atoms with Gasteiger partial charge in [-0.2, -0.15) is 5.10 Å². The van der Waals surface area contributed by atoms with Gasteiger partial charge in [0, 0.05) is 21.8 Å². The highest BCUT2D eigenvalue weighted by Gasteiger charge is 2.06. The molecule has 0 aliphatic heterocycles. The number of methoxy groups -OCH3 is 1. The molecule has 0 atom stereocenters. The zero-order valence-corrected chi connectivity index (χ0v) is 9.21. The van der Waals surface area contributed by atoms with Gasteiger partial charge in [0.1, 0.15) is 5.75 Å². The Balaban J connectivity index is 2.55. The lowest BCUT2D eigenvalue weighted by Gasteiger charge is -2.06. The van der Waals surface area contributed by atoms with Crippen molar-refractivity contribution < 1.29 is 4.74 Å². The van der Waals surface area contributed by atoms with Crippen LogP contribution in [0.5, 0.6) is 5.75 Å². The molecule has 4 heteroatoms. The first-order valence-electron chi connectivity index (χ1n) is 4.14. The summed E-state index contributed by atoms with van der Waals surface area (Å²) < 4.78 is 6.28. The van der Waals surface area contributed by atoms with E-state index in [1.807, 2.05) is 24.4 Å². The summed E-state index contributed by atoms with van der Waals surface area (Å²) in [5.41, 5.74) is 2.04. The molecule has 2 rings (SSSR count). The average Bonchev–Trinajstić information content (AvgIpc) is 2.70. The van der Waals surface area contributed by atoms with Gasteiger partial charge in [0.15, 0.2) is 0 Å². The summed E-state index contributed by atoms with van der Waals surface area (Å²) in [6, 6.07) is 5.87. The van der Waals surface area contributed by atoms with E-state index < -0.39 is 0 Å². The molecule has 0 saturated heterocycles. The smallest absolute Gasteiger partial charge is 0.126 e. The number of halogens is 1. The van der Waals surface area contributed by atoms with Crippen molar-refractivity contribution in [3.05, 3.63) is 35.1 Å². The predicted octanol–water partition coefficient (Wildman–Crippen LogP) is 2.85. The van der Waals surface area contributed by atoms with Crippen LogP contribution in [-0.2, 0) is 0 Å². The quantitative estimate of drug-likeness (QED) is 0.893. The molecule has 0 aliphatic rings.